The summed E-state index contributed by atoms with van der Waals surface area (Å²) in [6.07, 6.45) is 3.75. The maximum absolute atomic E-state index is 11.6. The van der Waals surface area contributed by atoms with Crippen molar-refractivity contribution in [3.8, 4) is 11.5 Å². The number of nitrogens with one attached hydrogen (secondary N) is 1. The number of hydrogen-bond acceptors (Lipinski definition) is 4. The topological polar surface area (TPSA) is 67.5 Å². The Kier molecular flexibility index (Phi) is 2.71. The van der Waals surface area contributed by atoms with Crippen molar-refractivity contribution in [3.63, 3.8) is 0 Å². The number of hydrogen-bond donors (Lipinski definition) is 1. The van der Waals surface area contributed by atoms with Crippen LogP contribution >= 0.6 is 0 Å². The molecule has 5 nitrogen and oxygen atoms in total. The molecule has 3 aliphatic rings. The Labute approximate surface area is 133 Å². The number of amides is 1. The Balaban J connectivity index is 1.41. The molecule has 3 atom stereocenters. The molecule has 0 spiro atoms. The van der Waals surface area contributed by atoms with E-state index in [2.05, 4.69) is 15.5 Å². The van der Waals surface area contributed by atoms with Gasteiger partial charge in [0, 0.05) is 35.4 Å². The molecule has 1 aromatic heterocycles. The summed E-state index contributed by atoms with van der Waals surface area (Å²) in [5.74, 6) is 2.68. The predicted octanol–water partition coefficient (Wildman–Crippen LogP) is 2.57. The Hall–Kier alpha value is -2.43. The van der Waals surface area contributed by atoms with Crippen molar-refractivity contribution in [1.82, 2.24) is 10.4 Å². The number of carbonyl (C=O) groups excluding carboxylic acids is 1. The third kappa shape index (κ3) is 2.11. The lowest BCUT2D eigenvalue weighted by atomic mass is 9.84. The minimum atomic E-state index is 0.0845. The minimum Gasteiger partial charge on any atom is -0.441 e. The first-order valence-corrected chi connectivity index (χ1v) is 8.21. The van der Waals surface area contributed by atoms with Gasteiger partial charge in [-0.05, 0) is 31.4 Å². The summed E-state index contributed by atoms with van der Waals surface area (Å²) in [5.41, 5.74) is 5.94. The van der Waals surface area contributed by atoms with Crippen LogP contribution in [0.15, 0.2) is 39.9 Å². The van der Waals surface area contributed by atoms with Crippen LogP contribution in [0.25, 0.3) is 11.5 Å². The highest BCUT2D eigenvalue weighted by Crippen LogP contribution is 2.45. The second-order valence-electron chi connectivity index (χ2n) is 6.66. The van der Waals surface area contributed by atoms with Crippen LogP contribution in [0, 0.1) is 17.8 Å². The van der Waals surface area contributed by atoms with Crippen molar-refractivity contribution in [2.75, 3.05) is 0 Å². The molecule has 5 heteroatoms. The van der Waals surface area contributed by atoms with Gasteiger partial charge in [0.1, 0.15) is 5.76 Å². The van der Waals surface area contributed by atoms with E-state index in [1.807, 2.05) is 30.3 Å². The van der Waals surface area contributed by atoms with Gasteiger partial charge in [-0.25, -0.2) is 10.4 Å². The first-order chi connectivity index (χ1) is 11.3. The van der Waals surface area contributed by atoms with E-state index in [9.17, 15) is 4.79 Å². The smallest absolute Gasteiger partial charge is 0.243 e. The van der Waals surface area contributed by atoms with Crippen LogP contribution in [-0.4, -0.2) is 16.6 Å². The van der Waals surface area contributed by atoms with Crippen molar-refractivity contribution in [1.29, 1.82) is 0 Å². The highest BCUT2D eigenvalue weighted by molar-refractivity contribution is 6.01. The highest BCUT2D eigenvalue weighted by Gasteiger charge is 2.51. The Morgan fingerprint density at radius 2 is 2.04 bits per heavy atom. The fourth-order valence-electron chi connectivity index (χ4n) is 3.82. The zero-order valence-corrected chi connectivity index (χ0v) is 12.7. The van der Waals surface area contributed by atoms with E-state index < -0.39 is 0 Å². The van der Waals surface area contributed by atoms with Crippen LogP contribution in [0.5, 0.6) is 0 Å². The van der Waals surface area contributed by atoms with E-state index in [4.69, 9.17) is 4.42 Å². The first kappa shape index (κ1) is 13.0. The third-order valence-electron chi connectivity index (χ3n) is 5.18. The minimum absolute atomic E-state index is 0.0845. The van der Waals surface area contributed by atoms with Crippen molar-refractivity contribution in [2.24, 2.45) is 22.9 Å². The highest BCUT2D eigenvalue weighted by atomic mass is 16.4. The van der Waals surface area contributed by atoms with E-state index in [1.54, 1.807) is 0 Å². The van der Waals surface area contributed by atoms with Gasteiger partial charge in [0.2, 0.25) is 11.8 Å². The van der Waals surface area contributed by atoms with Crippen molar-refractivity contribution in [3.05, 3.63) is 41.8 Å². The lowest BCUT2D eigenvalue weighted by Crippen LogP contribution is -2.34. The fraction of sp³-hybridized carbons (Fsp3) is 0.389. The van der Waals surface area contributed by atoms with Gasteiger partial charge >= 0.3 is 0 Å². The molecule has 0 saturated heterocycles. The number of carbonyl (C=O) groups is 1. The summed E-state index contributed by atoms with van der Waals surface area (Å²) >= 11 is 0. The molecule has 1 saturated carbocycles. The number of oxazole rings is 1. The van der Waals surface area contributed by atoms with Crippen LogP contribution in [0.1, 0.15) is 24.3 Å². The van der Waals surface area contributed by atoms with E-state index in [1.165, 1.54) is 0 Å². The monoisotopic (exact) mass is 307 g/mol. The first-order valence-electron chi connectivity index (χ1n) is 8.21. The number of aromatic nitrogens is 1. The Morgan fingerprint density at radius 1 is 1.17 bits per heavy atom. The molecule has 116 valence electrons. The molecule has 1 unspecified atom stereocenters. The molecule has 2 aliphatic carbocycles. The van der Waals surface area contributed by atoms with Gasteiger partial charge in [0.25, 0.3) is 0 Å². The maximum atomic E-state index is 11.6. The number of nitrogens with zero attached hydrogens (tertiary/aromatic N) is 2. The fourth-order valence-corrected chi connectivity index (χ4v) is 3.82. The van der Waals surface area contributed by atoms with Gasteiger partial charge in [0.05, 0.1) is 5.69 Å². The molecular formula is C18H17N3O2. The van der Waals surface area contributed by atoms with Crippen LogP contribution in [0.2, 0.25) is 0 Å². The maximum Gasteiger partial charge on any atom is 0.243 e. The number of aryl methyl sites for hydroxylation is 1. The molecule has 5 rings (SSSR count). The lowest BCUT2D eigenvalue weighted by Gasteiger charge is -2.23. The predicted molar refractivity (Wildman–Crippen MR) is 84.6 cm³/mol. The van der Waals surface area contributed by atoms with Crippen molar-refractivity contribution in [2.45, 2.75) is 25.7 Å². The van der Waals surface area contributed by atoms with Gasteiger partial charge in [-0.1, -0.05) is 18.2 Å². The quantitative estimate of drug-likeness (QED) is 0.927. The van der Waals surface area contributed by atoms with E-state index in [0.29, 0.717) is 17.7 Å². The number of rotatable bonds is 2. The zero-order valence-electron chi connectivity index (χ0n) is 12.7. The summed E-state index contributed by atoms with van der Waals surface area (Å²) in [6, 6.07) is 10.0. The number of benzene rings is 1. The van der Waals surface area contributed by atoms with Crippen molar-refractivity contribution < 1.29 is 9.21 Å². The van der Waals surface area contributed by atoms with Gasteiger partial charge in [-0.15, -0.1) is 0 Å². The summed E-state index contributed by atoms with van der Waals surface area (Å²) in [4.78, 5) is 16.2. The average molecular weight is 307 g/mol. The molecular weight excluding hydrogens is 290 g/mol. The van der Waals surface area contributed by atoms with E-state index in [0.717, 1.165) is 48.4 Å². The number of fused-ring (bicyclic) bond motifs is 2. The molecule has 0 bridgehead atoms. The Morgan fingerprint density at radius 3 is 2.91 bits per heavy atom. The van der Waals surface area contributed by atoms with Crippen molar-refractivity contribution >= 4 is 11.6 Å². The van der Waals surface area contributed by atoms with E-state index in [-0.39, 0.29) is 11.8 Å². The number of hydrazone groups is 1. The third-order valence-corrected chi connectivity index (χ3v) is 5.18. The van der Waals surface area contributed by atoms with Gasteiger partial charge in [0.15, 0.2) is 0 Å². The normalized spacial score (nSPS) is 28.4. The molecule has 2 aromatic rings. The van der Waals surface area contributed by atoms with Gasteiger partial charge < -0.3 is 4.42 Å². The average Bonchev–Trinajstić information content (AvgIpc) is 3.28. The standard InChI is InChI=1S/C18H17N3O2/c22-17-13-9-12(13)16(20-21-17)11-6-7-14-15(8-11)23-18(19-14)10-4-2-1-3-5-10/h1-5,11-13H,6-9H2,(H,21,22)/t11?,12-,13-/m0/s1. The second kappa shape index (κ2) is 4.78. The molecule has 1 N–H and O–H groups in total. The second-order valence-corrected chi connectivity index (χ2v) is 6.66. The molecule has 1 fully saturated rings. The van der Waals surface area contributed by atoms with Crippen LogP contribution in [-0.2, 0) is 17.6 Å². The van der Waals surface area contributed by atoms with E-state index >= 15 is 0 Å². The summed E-state index contributed by atoms with van der Waals surface area (Å²) in [5, 5.41) is 4.35. The molecule has 1 aromatic carbocycles. The Bertz CT molecular complexity index is 809. The molecule has 2 heterocycles. The van der Waals surface area contributed by atoms with Gasteiger partial charge in [-0.2, -0.15) is 5.10 Å². The van der Waals surface area contributed by atoms with Crippen LogP contribution in [0.3, 0.4) is 0 Å². The summed E-state index contributed by atoms with van der Waals surface area (Å²) in [6.45, 7) is 0. The van der Waals surface area contributed by atoms with Crippen LogP contribution in [0.4, 0.5) is 0 Å². The zero-order chi connectivity index (χ0) is 15.4. The molecule has 0 radical (unpaired) electrons. The molecule has 1 aliphatic heterocycles. The largest absolute Gasteiger partial charge is 0.441 e. The molecule has 23 heavy (non-hydrogen) atoms. The lowest BCUT2D eigenvalue weighted by molar-refractivity contribution is -0.122. The SMILES string of the molecule is O=C1NN=C(C2CCc3nc(-c4ccccc4)oc3C2)[C@H]2C[C@H]12. The summed E-state index contributed by atoms with van der Waals surface area (Å²) in [7, 11) is 0. The van der Waals surface area contributed by atoms with Crippen LogP contribution < -0.4 is 5.43 Å². The molecule has 1 amide bonds. The summed E-state index contributed by atoms with van der Waals surface area (Å²) < 4.78 is 6.03. The van der Waals surface area contributed by atoms with Gasteiger partial charge in [-0.3, -0.25) is 4.79 Å².